The lowest BCUT2D eigenvalue weighted by atomic mass is 10.1. The predicted molar refractivity (Wildman–Crippen MR) is 87.2 cm³/mol. The summed E-state index contributed by atoms with van der Waals surface area (Å²) in [4.78, 5) is 26.3. The van der Waals surface area contributed by atoms with E-state index in [0.29, 0.717) is 12.1 Å². The summed E-state index contributed by atoms with van der Waals surface area (Å²) in [6.07, 6.45) is -0.0426. The molecule has 1 aromatic carbocycles. The number of halogens is 1. The molecule has 0 aromatic heterocycles. The van der Waals surface area contributed by atoms with Gasteiger partial charge >= 0.3 is 6.09 Å². The van der Waals surface area contributed by atoms with Crippen LogP contribution in [0.25, 0.3) is 0 Å². The summed E-state index contributed by atoms with van der Waals surface area (Å²) >= 11 is 3.41. The number of fused-ring (bicyclic) bond motifs is 1. The smallest absolute Gasteiger partial charge is 0.415 e. The molecule has 2 rings (SSSR count). The van der Waals surface area contributed by atoms with Crippen molar-refractivity contribution in [2.75, 3.05) is 18.6 Å². The molecule has 22 heavy (non-hydrogen) atoms. The lowest BCUT2D eigenvalue weighted by Crippen LogP contribution is -2.46. The van der Waals surface area contributed by atoms with Gasteiger partial charge in [0.2, 0.25) is 0 Å². The second-order valence-electron chi connectivity index (χ2n) is 6.24. The largest absolute Gasteiger partial charge is 0.443 e. The Hall–Kier alpha value is -1.40. The molecule has 1 heterocycles. The van der Waals surface area contributed by atoms with Gasteiger partial charge in [-0.15, -0.1) is 0 Å². The molecule has 1 aliphatic rings. The number of methoxy groups -OCH3 is 1. The summed E-state index contributed by atoms with van der Waals surface area (Å²) in [5, 5.41) is 0. The number of ether oxygens (including phenoxy) is 2. The van der Waals surface area contributed by atoms with Crippen molar-refractivity contribution in [2.24, 2.45) is 0 Å². The van der Waals surface area contributed by atoms with Crippen molar-refractivity contribution >= 4 is 33.5 Å². The zero-order valence-corrected chi connectivity index (χ0v) is 14.8. The maximum atomic E-state index is 12.5. The van der Waals surface area contributed by atoms with Gasteiger partial charge in [0.15, 0.2) is 5.78 Å². The molecule has 0 saturated heterocycles. The molecule has 1 atom stereocenters. The molecular formula is C16H20BrNO4. The lowest BCUT2D eigenvalue weighted by Gasteiger charge is -2.28. The fourth-order valence-corrected chi connectivity index (χ4v) is 2.86. The van der Waals surface area contributed by atoms with Gasteiger partial charge in [0, 0.05) is 18.0 Å². The predicted octanol–water partition coefficient (Wildman–Crippen LogP) is 3.33. The minimum absolute atomic E-state index is 0.0286. The van der Waals surface area contributed by atoms with Crippen LogP contribution in [0.5, 0.6) is 0 Å². The SMILES string of the molecule is COCC(=O)[C@@H]1Cc2cc(Br)ccc2N1C(=O)OC(C)(C)C. The topological polar surface area (TPSA) is 55.8 Å². The number of benzene rings is 1. The van der Waals surface area contributed by atoms with Crippen molar-refractivity contribution < 1.29 is 19.1 Å². The van der Waals surface area contributed by atoms with Crippen LogP contribution in [-0.4, -0.2) is 37.2 Å². The molecule has 0 fully saturated rings. The number of Topliss-reactive ketones (excluding diaryl/α,β-unsaturated/α-hetero) is 1. The molecular weight excluding hydrogens is 350 g/mol. The summed E-state index contributed by atoms with van der Waals surface area (Å²) in [6.45, 7) is 5.37. The minimum atomic E-state index is -0.621. The van der Waals surface area contributed by atoms with Crippen LogP contribution in [-0.2, 0) is 20.7 Å². The molecule has 1 aliphatic heterocycles. The van der Waals surface area contributed by atoms with Crippen LogP contribution in [0.2, 0.25) is 0 Å². The first-order valence-corrected chi connectivity index (χ1v) is 7.84. The average Bonchev–Trinajstić information content (AvgIpc) is 2.75. The van der Waals surface area contributed by atoms with Gasteiger partial charge in [-0.2, -0.15) is 0 Å². The summed E-state index contributed by atoms with van der Waals surface area (Å²) in [5.41, 5.74) is 1.03. The molecule has 0 N–H and O–H groups in total. The third kappa shape index (κ3) is 3.67. The molecule has 120 valence electrons. The summed E-state index contributed by atoms with van der Waals surface area (Å²) in [6, 6.07) is 5.01. The molecule has 5 nitrogen and oxygen atoms in total. The number of amides is 1. The standard InChI is InChI=1S/C16H20BrNO4/c1-16(2,3)22-15(20)18-12-6-5-11(17)7-10(12)8-13(18)14(19)9-21-4/h5-7,13H,8-9H2,1-4H3/t13-/m0/s1. The van der Waals surface area contributed by atoms with Gasteiger partial charge in [0.25, 0.3) is 0 Å². The average molecular weight is 370 g/mol. The van der Waals surface area contributed by atoms with Crippen molar-refractivity contribution in [3.05, 3.63) is 28.2 Å². The zero-order chi connectivity index (χ0) is 16.5. The molecule has 6 heteroatoms. The Bertz CT molecular complexity index is 594. The van der Waals surface area contributed by atoms with Crippen LogP contribution in [0.15, 0.2) is 22.7 Å². The quantitative estimate of drug-likeness (QED) is 0.819. The third-order valence-electron chi connectivity index (χ3n) is 3.27. The Kier molecular flexibility index (Phi) is 4.92. The molecule has 0 spiro atoms. The Morgan fingerprint density at radius 3 is 2.64 bits per heavy atom. The van der Waals surface area contributed by atoms with E-state index in [1.54, 1.807) is 20.8 Å². The van der Waals surface area contributed by atoms with Crippen LogP contribution in [0, 0.1) is 0 Å². The highest BCUT2D eigenvalue weighted by Crippen LogP contribution is 2.35. The minimum Gasteiger partial charge on any atom is -0.443 e. The normalized spacial score (nSPS) is 17.3. The van der Waals surface area contributed by atoms with Crippen molar-refractivity contribution in [1.29, 1.82) is 0 Å². The summed E-state index contributed by atoms with van der Waals surface area (Å²) < 4.78 is 11.3. The van der Waals surface area contributed by atoms with Crippen LogP contribution in [0.4, 0.5) is 10.5 Å². The van der Waals surface area contributed by atoms with Crippen molar-refractivity contribution in [3.63, 3.8) is 0 Å². The Morgan fingerprint density at radius 1 is 1.36 bits per heavy atom. The highest BCUT2D eigenvalue weighted by Gasteiger charge is 2.40. The van der Waals surface area contributed by atoms with E-state index < -0.39 is 17.7 Å². The van der Waals surface area contributed by atoms with Crippen molar-refractivity contribution in [2.45, 2.75) is 38.8 Å². The van der Waals surface area contributed by atoms with E-state index >= 15 is 0 Å². The molecule has 0 radical (unpaired) electrons. The fourth-order valence-electron chi connectivity index (χ4n) is 2.45. The van der Waals surface area contributed by atoms with Crippen molar-refractivity contribution in [1.82, 2.24) is 0 Å². The first-order valence-electron chi connectivity index (χ1n) is 7.05. The van der Waals surface area contributed by atoms with Crippen LogP contribution in [0.1, 0.15) is 26.3 Å². The number of hydrogen-bond acceptors (Lipinski definition) is 4. The van der Waals surface area contributed by atoms with E-state index in [4.69, 9.17) is 9.47 Å². The second-order valence-corrected chi connectivity index (χ2v) is 7.16. The number of carbonyl (C=O) groups is 2. The van der Waals surface area contributed by atoms with Gasteiger partial charge < -0.3 is 9.47 Å². The van der Waals surface area contributed by atoms with Gasteiger partial charge in [-0.25, -0.2) is 4.79 Å². The number of rotatable bonds is 3. The monoisotopic (exact) mass is 369 g/mol. The molecule has 1 aromatic rings. The van der Waals surface area contributed by atoms with Crippen molar-refractivity contribution in [3.8, 4) is 0 Å². The zero-order valence-electron chi connectivity index (χ0n) is 13.2. The first-order chi connectivity index (χ1) is 10.2. The summed E-state index contributed by atoms with van der Waals surface area (Å²) in [5.74, 6) is -0.138. The van der Waals surface area contributed by atoms with E-state index in [1.807, 2.05) is 18.2 Å². The Labute approximate surface area is 138 Å². The Morgan fingerprint density at radius 2 is 2.05 bits per heavy atom. The first kappa shape index (κ1) is 17.0. The number of anilines is 1. The molecule has 0 bridgehead atoms. The second kappa shape index (κ2) is 6.38. The summed E-state index contributed by atoms with van der Waals surface area (Å²) in [7, 11) is 1.47. The number of hydrogen-bond donors (Lipinski definition) is 0. The lowest BCUT2D eigenvalue weighted by molar-refractivity contribution is -0.123. The molecule has 0 unspecified atom stereocenters. The Balaban J connectivity index is 2.36. The van der Waals surface area contributed by atoms with Crippen LogP contribution < -0.4 is 4.90 Å². The van der Waals surface area contributed by atoms with E-state index in [1.165, 1.54) is 12.0 Å². The van der Waals surface area contributed by atoms with Gasteiger partial charge in [0.05, 0.1) is 5.69 Å². The van der Waals surface area contributed by atoms with E-state index in [9.17, 15) is 9.59 Å². The maximum absolute atomic E-state index is 12.5. The third-order valence-corrected chi connectivity index (χ3v) is 3.77. The van der Waals surface area contributed by atoms with E-state index in [0.717, 1.165) is 10.0 Å². The molecule has 0 saturated carbocycles. The fraction of sp³-hybridized carbons (Fsp3) is 0.500. The van der Waals surface area contributed by atoms with Gasteiger partial charge in [-0.3, -0.25) is 9.69 Å². The number of nitrogens with zero attached hydrogens (tertiary/aromatic N) is 1. The van der Waals surface area contributed by atoms with Crippen LogP contribution >= 0.6 is 15.9 Å². The van der Waals surface area contributed by atoms with Gasteiger partial charge in [-0.05, 0) is 44.5 Å². The maximum Gasteiger partial charge on any atom is 0.415 e. The van der Waals surface area contributed by atoms with Crippen LogP contribution in [0.3, 0.4) is 0 Å². The molecule has 1 amide bonds. The van der Waals surface area contributed by atoms with E-state index in [-0.39, 0.29) is 12.4 Å². The number of carbonyl (C=O) groups excluding carboxylic acids is 2. The highest BCUT2D eigenvalue weighted by atomic mass is 79.9. The van der Waals surface area contributed by atoms with E-state index in [2.05, 4.69) is 15.9 Å². The van der Waals surface area contributed by atoms with Gasteiger partial charge in [0.1, 0.15) is 18.2 Å². The van der Waals surface area contributed by atoms with Gasteiger partial charge in [-0.1, -0.05) is 15.9 Å². The number of ketones is 1. The highest BCUT2D eigenvalue weighted by molar-refractivity contribution is 9.10. The molecule has 0 aliphatic carbocycles.